The lowest BCUT2D eigenvalue weighted by molar-refractivity contribution is 0.295. The van der Waals surface area contributed by atoms with Gasteiger partial charge in [0.05, 0.1) is 22.3 Å². The van der Waals surface area contributed by atoms with Crippen LogP contribution >= 0.6 is 23.2 Å². The van der Waals surface area contributed by atoms with E-state index >= 15 is 0 Å². The number of halogens is 2. The average Bonchev–Trinajstić information content (AvgIpc) is 2.94. The van der Waals surface area contributed by atoms with Gasteiger partial charge in [0.25, 0.3) is 0 Å². The Morgan fingerprint density at radius 1 is 1.08 bits per heavy atom. The molecule has 3 aliphatic rings. The molecule has 0 saturated carbocycles. The van der Waals surface area contributed by atoms with E-state index in [9.17, 15) is 0 Å². The van der Waals surface area contributed by atoms with Crippen LogP contribution in [0.25, 0.3) is 11.1 Å². The highest BCUT2D eigenvalue weighted by molar-refractivity contribution is 6.42. The van der Waals surface area contributed by atoms with E-state index in [1.807, 2.05) is 18.2 Å². The minimum absolute atomic E-state index is 0.539. The van der Waals surface area contributed by atoms with Gasteiger partial charge in [-0.15, -0.1) is 0 Å². The topological polar surface area (TPSA) is 24.5 Å². The molecule has 1 saturated heterocycles. The molecule has 0 aliphatic carbocycles. The number of hydrogen-bond donors (Lipinski definition) is 1. The minimum Gasteiger partial charge on any atom is -0.490 e. The number of nitrogens with zero attached hydrogens (tertiary/aromatic N) is 1. The van der Waals surface area contributed by atoms with Crippen LogP contribution in [0.15, 0.2) is 30.3 Å². The van der Waals surface area contributed by atoms with Crippen LogP contribution in [-0.2, 0) is 0 Å². The fourth-order valence-electron chi connectivity index (χ4n) is 4.40. The Morgan fingerprint density at radius 2 is 2.00 bits per heavy atom. The Kier molecular flexibility index (Phi) is 3.44. The van der Waals surface area contributed by atoms with Crippen molar-refractivity contribution >= 4 is 28.9 Å². The molecular weight excluding hydrogens is 343 g/mol. The molecule has 124 valence electrons. The Balaban J connectivity index is 1.67. The van der Waals surface area contributed by atoms with Gasteiger partial charge in [-0.1, -0.05) is 29.3 Å². The van der Waals surface area contributed by atoms with Gasteiger partial charge >= 0.3 is 0 Å². The maximum Gasteiger partial charge on any atom is 0.143 e. The summed E-state index contributed by atoms with van der Waals surface area (Å²) in [6, 6.07) is 10.9. The molecule has 1 N–H and O–H groups in total. The molecule has 0 bridgehead atoms. The van der Waals surface area contributed by atoms with Gasteiger partial charge in [-0.2, -0.15) is 0 Å². The maximum atomic E-state index is 6.22. The predicted molar refractivity (Wildman–Crippen MR) is 98.8 cm³/mol. The number of ether oxygens (including phenoxy) is 1. The van der Waals surface area contributed by atoms with Gasteiger partial charge in [0.15, 0.2) is 0 Å². The molecule has 0 unspecified atom stereocenters. The normalized spacial score (nSPS) is 24.3. The second-order valence-corrected chi connectivity index (χ2v) is 7.56. The number of fused-ring (bicyclic) bond motifs is 3. The summed E-state index contributed by atoms with van der Waals surface area (Å²) in [7, 11) is 0. The van der Waals surface area contributed by atoms with Crippen LogP contribution in [0.2, 0.25) is 10.0 Å². The van der Waals surface area contributed by atoms with E-state index in [0.29, 0.717) is 22.0 Å². The molecule has 0 aromatic heterocycles. The molecule has 0 radical (unpaired) electrons. The van der Waals surface area contributed by atoms with E-state index in [1.54, 1.807) is 0 Å². The van der Waals surface area contributed by atoms with E-state index in [0.717, 1.165) is 43.1 Å². The van der Waals surface area contributed by atoms with Crippen LogP contribution < -0.4 is 15.0 Å². The first-order valence-corrected chi connectivity index (χ1v) is 9.21. The lowest BCUT2D eigenvalue weighted by Gasteiger charge is -2.36. The number of nitrogens with one attached hydrogen (secondary N) is 1. The van der Waals surface area contributed by atoms with Gasteiger partial charge in [-0.3, -0.25) is 0 Å². The summed E-state index contributed by atoms with van der Waals surface area (Å²) < 4.78 is 6.02. The van der Waals surface area contributed by atoms with Crippen molar-refractivity contribution in [3.8, 4) is 16.9 Å². The van der Waals surface area contributed by atoms with Crippen LogP contribution in [0.5, 0.6) is 5.75 Å². The smallest absolute Gasteiger partial charge is 0.143 e. The predicted octanol–water partition coefficient (Wildman–Crippen LogP) is 4.32. The van der Waals surface area contributed by atoms with Crippen molar-refractivity contribution in [2.24, 2.45) is 0 Å². The molecule has 2 atom stereocenters. The Morgan fingerprint density at radius 3 is 2.88 bits per heavy atom. The fourth-order valence-corrected chi connectivity index (χ4v) is 4.70. The third kappa shape index (κ3) is 2.15. The summed E-state index contributed by atoms with van der Waals surface area (Å²) in [5.74, 6) is 1.55. The van der Waals surface area contributed by atoms with E-state index in [2.05, 4.69) is 22.3 Å². The Hall–Kier alpha value is -1.42. The summed E-state index contributed by atoms with van der Waals surface area (Å²) in [5, 5.41) is 4.72. The molecule has 3 nitrogen and oxygen atoms in total. The number of hydrogen-bond acceptors (Lipinski definition) is 3. The van der Waals surface area contributed by atoms with Crippen molar-refractivity contribution in [3.63, 3.8) is 0 Å². The highest BCUT2D eigenvalue weighted by Gasteiger charge is 2.43. The first-order chi connectivity index (χ1) is 11.7. The molecule has 2 aromatic rings. The van der Waals surface area contributed by atoms with Crippen molar-refractivity contribution in [1.82, 2.24) is 5.32 Å². The Labute approximate surface area is 151 Å². The number of anilines is 1. The summed E-state index contributed by atoms with van der Waals surface area (Å²) >= 11 is 12.3. The molecule has 0 spiro atoms. The van der Waals surface area contributed by atoms with Crippen LogP contribution in [0.4, 0.5) is 5.69 Å². The molecule has 5 rings (SSSR count). The van der Waals surface area contributed by atoms with E-state index in [4.69, 9.17) is 27.9 Å². The monoisotopic (exact) mass is 360 g/mol. The number of benzene rings is 2. The highest BCUT2D eigenvalue weighted by atomic mass is 35.5. The fraction of sp³-hybridized carbons (Fsp3) is 0.368. The second kappa shape index (κ2) is 5.55. The van der Waals surface area contributed by atoms with Crippen molar-refractivity contribution in [3.05, 3.63) is 45.9 Å². The summed E-state index contributed by atoms with van der Waals surface area (Å²) in [6.07, 6.45) is 1.20. The highest BCUT2D eigenvalue weighted by Crippen LogP contribution is 2.51. The summed E-state index contributed by atoms with van der Waals surface area (Å²) in [6.45, 7) is 3.89. The lowest BCUT2D eigenvalue weighted by Crippen LogP contribution is -2.46. The summed E-state index contributed by atoms with van der Waals surface area (Å²) in [4.78, 5) is 2.57. The zero-order valence-corrected chi connectivity index (χ0v) is 14.7. The molecule has 24 heavy (non-hydrogen) atoms. The molecule has 0 amide bonds. The molecule has 3 heterocycles. The van der Waals surface area contributed by atoms with Crippen LogP contribution in [0, 0.1) is 0 Å². The maximum absolute atomic E-state index is 6.22. The lowest BCUT2D eigenvalue weighted by atomic mass is 9.88. The van der Waals surface area contributed by atoms with Gasteiger partial charge in [0.1, 0.15) is 12.4 Å². The molecule has 1 fully saturated rings. The Bertz CT molecular complexity index is 823. The SMILES string of the molecule is Clc1ccc(-c2cc3c4c(c2)[C@@H]2CNCC[C@@H]2N4CCO3)cc1Cl. The van der Waals surface area contributed by atoms with Crippen LogP contribution in [0.1, 0.15) is 17.9 Å². The number of piperidine rings is 1. The first-order valence-electron chi connectivity index (χ1n) is 8.46. The zero-order chi connectivity index (χ0) is 16.3. The minimum atomic E-state index is 0.539. The van der Waals surface area contributed by atoms with Crippen molar-refractivity contribution in [2.45, 2.75) is 18.4 Å². The standard InChI is InChI=1S/C19H18Cl2N2O/c20-15-2-1-11(8-16(15)21)12-7-13-14-10-22-4-3-17(14)23-5-6-24-18(9-12)19(13)23/h1-2,7-9,14,17,22H,3-6,10H2/t14-,17-/m0/s1. The van der Waals surface area contributed by atoms with Crippen LogP contribution in [-0.4, -0.2) is 32.3 Å². The quantitative estimate of drug-likeness (QED) is 0.819. The summed E-state index contributed by atoms with van der Waals surface area (Å²) in [5.41, 5.74) is 4.95. The third-order valence-electron chi connectivity index (χ3n) is 5.48. The zero-order valence-electron chi connectivity index (χ0n) is 13.2. The van der Waals surface area contributed by atoms with Gasteiger partial charge < -0.3 is 15.0 Å². The molecule has 2 aromatic carbocycles. The molecule has 3 aliphatic heterocycles. The van der Waals surface area contributed by atoms with E-state index in [-0.39, 0.29) is 0 Å². The largest absolute Gasteiger partial charge is 0.490 e. The number of rotatable bonds is 1. The van der Waals surface area contributed by atoms with Crippen molar-refractivity contribution in [2.75, 3.05) is 31.1 Å². The van der Waals surface area contributed by atoms with E-state index < -0.39 is 0 Å². The van der Waals surface area contributed by atoms with E-state index in [1.165, 1.54) is 17.7 Å². The third-order valence-corrected chi connectivity index (χ3v) is 6.22. The van der Waals surface area contributed by atoms with Gasteiger partial charge in [0.2, 0.25) is 0 Å². The molecular formula is C19H18Cl2N2O. The van der Waals surface area contributed by atoms with Crippen molar-refractivity contribution < 1.29 is 4.74 Å². The average molecular weight is 361 g/mol. The van der Waals surface area contributed by atoms with Gasteiger partial charge in [0, 0.05) is 18.5 Å². The van der Waals surface area contributed by atoms with Gasteiger partial charge in [-0.25, -0.2) is 0 Å². The van der Waals surface area contributed by atoms with Gasteiger partial charge in [-0.05, 0) is 53.9 Å². The second-order valence-electron chi connectivity index (χ2n) is 6.75. The first kappa shape index (κ1) is 14.9. The molecule has 5 heteroatoms. The van der Waals surface area contributed by atoms with Crippen molar-refractivity contribution in [1.29, 1.82) is 0 Å². The van der Waals surface area contributed by atoms with Crippen LogP contribution in [0.3, 0.4) is 0 Å².